The van der Waals surface area contributed by atoms with Crippen molar-refractivity contribution < 1.29 is 9.00 Å². The molecular formula is C11H16N2O2S. The number of rotatable bonds is 4. The first-order valence-corrected chi connectivity index (χ1v) is 6.31. The molecule has 0 aliphatic heterocycles. The molecule has 0 saturated carbocycles. The van der Waals surface area contributed by atoms with E-state index in [9.17, 15) is 9.00 Å². The van der Waals surface area contributed by atoms with Crippen molar-refractivity contribution >= 4 is 22.4 Å². The Labute approximate surface area is 97.7 Å². The van der Waals surface area contributed by atoms with Crippen molar-refractivity contribution in [2.75, 3.05) is 12.3 Å². The number of amides is 1. The van der Waals surface area contributed by atoms with Crippen molar-refractivity contribution in [3.63, 3.8) is 0 Å². The average molecular weight is 240 g/mol. The van der Waals surface area contributed by atoms with E-state index in [0.29, 0.717) is 17.1 Å². The van der Waals surface area contributed by atoms with Crippen LogP contribution in [0, 0.1) is 0 Å². The highest BCUT2D eigenvalue weighted by Crippen LogP contribution is 2.13. The van der Waals surface area contributed by atoms with E-state index in [0.717, 1.165) is 0 Å². The zero-order chi connectivity index (χ0) is 12.1. The Morgan fingerprint density at radius 2 is 2.00 bits per heavy atom. The van der Waals surface area contributed by atoms with Crippen LogP contribution in [0.25, 0.3) is 0 Å². The van der Waals surface area contributed by atoms with E-state index >= 15 is 0 Å². The minimum atomic E-state index is -1.34. The predicted octanol–water partition coefficient (Wildman–Crippen LogP) is 0.901. The molecule has 1 amide bonds. The lowest BCUT2D eigenvalue weighted by Crippen LogP contribution is -2.35. The van der Waals surface area contributed by atoms with Gasteiger partial charge in [0.1, 0.15) is 5.25 Å². The quantitative estimate of drug-likeness (QED) is 0.768. The van der Waals surface area contributed by atoms with Gasteiger partial charge in [-0.05, 0) is 38.1 Å². The Balaban J connectivity index is 2.78. The summed E-state index contributed by atoms with van der Waals surface area (Å²) < 4.78 is 12.0. The molecule has 1 aromatic rings. The molecule has 4 nitrogen and oxygen atoms in total. The van der Waals surface area contributed by atoms with Crippen molar-refractivity contribution in [3.8, 4) is 0 Å². The van der Waals surface area contributed by atoms with Gasteiger partial charge in [0.05, 0.1) is 10.8 Å². The Morgan fingerprint density at radius 3 is 2.50 bits per heavy atom. The Kier molecular flexibility index (Phi) is 4.49. The summed E-state index contributed by atoms with van der Waals surface area (Å²) in [6.45, 7) is 4.02. The first-order valence-electron chi connectivity index (χ1n) is 5.10. The topological polar surface area (TPSA) is 72.2 Å². The van der Waals surface area contributed by atoms with Crippen LogP contribution in [0.1, 0.15) is 13.8 Å². The van der Waals surface area contributed by atoms with Crippen LogP contribution < -0.4 is 11.1 Å². The molecule has 0 fully saturated rings. The third-order valence-corrected chi connectivity index (χ3v) is 3.75. The first-order chi connectivity index (χ1) is 7.56. The number of carbonyl (C=O) groups excluding carboxylic acids is 1. The van der Waals surface area contributed by atoms with E-state index in [2.05, 4.69) is 5.32 Å². The highest BCUT2D eigenvalue weighted by molar-refractivity contribution is 7.86. The third-order valence-electron chi connectivity index (χ3n) is 2.15. The summed E-state index contributed by atoms with van der Waals surface area (Å²) in [6, 6.07) is 6.72. The van der Waals surface area contributed by atoms with Crippen LogP contribution in [-0.2, 0) is 15.6 Å². The van der Waals surface area contributed by atoms with Gasteiger partial charge in [-0.15, -0.1) is 0 Å². The van der Waals surface area contributed by atoms with Crippen LogP contribution >= 0.6 is 0 Å². The van der Waals surface area contributed by atoms with E-state index in [1.165, 1.54) is 0 Å². The van der Waals surface area contributed by atoms with E-state index in [-0.39, 0.29) is 5.91 Å². The smallest absolute Gasteiger partial charge is 0.235 e. The lowest BCUT2D eigenvalue weighted by molar-refractivity contribution is -0.120. The summed E-state index contributed by atoms with van der Waals surface area (Å²) in [4.78, 5) is 12.1. The van der Waals surface area contributed by atoms with Crippen LogP contribution in [0.15, 0.2) is 29.2 Å². The van der Waals surface area contributed by atoms with Crippen LogP contribution in [0.4, 0.5) is 5.69 Å². The van der Waals surface area contributed by atoms with Crippen molar-refractivity contribution in [3.05, 3.63) is 24.3 Å². The second-order valence-corrected chi connectivity index (χ2v) is 5.18. The minimum Gasteiger partial charge on any atom is -0.399 e. The number of nitrogen functional groups attached to an aromatic ring is 1. The fourth-order valence-corrected chi connectivity index (χ4v) is 2.31. The van der Waals surface area contributed by atoms with E-state index in [1.54, 1.807) is 31.2 Å². The van der Waals surface area contributed by atoms with E-state index < -0.39 is 16.0 Å². The number of nitrogens with one attached hydrogen (secondary N) is 1. The molecule has 2 atom stereocenters. The average Bonchev–Trinajstić information content (AvgIpc) is 2.28. The maximum atomic E-state index is 12.0. The minimum absolute atomic E-state index is 0.197. The van der Waals surface area contributed by atoms with Crippen LogP contribution in [-0.4, -0.2) is 21.9 Å². The number of carbonyl (C=O) groups is 1. The van der Waals surface area contributed by atoms with Gasteiger partial charge in [-0.25, -0.2) is 0 Å². The molecule has 0 radical (unpaired) electrons. The zero-order valence-corrected chi connectivity index (χ0v) is 10.2. The molecule has 0 aliphatic rings. The molecule has 5 heteroatoms. The number of benzene rings is 1. The van der Waals surface area contributed by atoms with Gasteiger partial charge in [-0.1, -0.05) is 0 Å². The van der Waals surface area contributed by atoms with Crippen molar-refractivity contribution in [1.82, 2.24) is 5.32 Å². The molecular weight excluding hydrogens is 224 g/mol. The van der Waals surface area contributed by atoms with Crippen molar-refractivity contribution in [2.45, 2.75) is 24.0 Å². The standard InChI is InChI=1S/C11H16N2O2S/c1-3-13-11(14)8(2)16(15)10-6-4-9(12)5-7-10/h4-8H,3,12H2,1-2H3,(H,13,14). The summed E-state index contributed by atoms with van der Waals surface area (Å²) >= 11 is 0. The molecule has 0 heterocycles. The molecule has 3 N–H and O–H groups in total. The SMILES string of the molecule is CCNC(=O)C(C)S(=O)c1ccc(N)cc1. The summed E-state index contributed by atoms with van der Waals surface area (Å²) in [7, 11) is -1.34. The summed E-state index contributed by atoms with van der Waals surface area (Å²) in [5.41, 5.74) is 6.15. The number of nitrogens with two attached hydrogens (primary N) is 1. The largest absolute Gasteiger partial charge is 0.399 e. The molecule has 1 aromatic carbocycles. The van der Waals surface area contributed by atoms with Crippen LogP contribution in [0.2, 0.25) is 0 Å². The van der Waals surface area contributed by atoms with Gasteiger partial charge < -0.3 is 11.1 Å². The third kappa shape index (κ3) is 3.06. The first kappa shape index (κ1) is 12.7. The summed E-state index contributed by atoms with van der Waals surface area (Å²) in [5, 5.41) is 2.10. The zero-order valence-electron chi connectivity index (χ0n) is 9.40. The summed E-state index contributed by atoms with van der Waals surface area (Å²) in [5.74, 6) is -0.197. The van der Waals surface area contributed by atoms with Crippen molar-refractivity contribution in [2.24, 2.45) is 0 Å². The van der Waals surface area contributed by atoms with Gasteiger partial charge in [0.25, 0.3) is 0 Å². The number of hydrogen-bond acceptors (Lipinski definition) is 3. The maximum absolute atomic E-state index is 12.0. The van der Waals surface area contributed by atoms with Gasteiger partial charge in [-0.2, -0.15) is 0 Å². The van der Waals surface area contributed by atoms with Gasteiger partial charge in [0.2, 0.25) is 5.91 Å². The normalized spacial score (nSPS) is 14.1. The Bertz CT molecular complexity index is 389. The van der Waals surface area contributed by atoms with Crippen molar-refractivity contribution in [1.29, 1.82) is 0 Å². The fraction of sp³-hybridized carbons (Fsp3) is 0.364. The second kappa shape index (κ2) is 5.65. The molecule has 2 unspecified atom stereocenters. The monoisotopic (exact) mass is 240 g/mol. The van der Waals surface area contributed by atoms with Crippen LogP contribution in [0.3, 0.4) is 0 Å². The second-order valence-electron chi connectivity index (χ2n) is 3.40. The molecule has 0 aromatic heterocycles. The van der Waals surface area contributed by atoms with E-state index in [4.69, 9.17) is 5.73 Å². The fourth-order valence-electron chi connectivity index (χ4n) is 1.22. The lowest BCUT2D eigenvalue weighted by atomic mass is 10.3. The van der Waals surface area contributed by atoms with Crippen LogP contribution in [0.5, 0.6) is 0 Å². The van der Waals surface area contributed by atoms with Gasteiger partial charge in [0, 0.05) is 17.1 Å². The molecule has 88 valence electrons. The lowest BCUT2D eigenvalue weighted by Gasteiger charge is -2.11. The molecule has 0 spiro atoms. The highest BCUT2D eigenvalue weighted by Gasteiger charge is 2.20. The van der Waals surface area contributed by atoms with Gasteiger partial charge >= 0.3 is 0 Å². The maximum Gasteiger partial charge on any atom is 0.235 e. The molecule has 1 rings (SSSR count). The molecule has 0 bridgehead atoms. The highest BCUT2D eigenvalue weighted by atomic mass is 32.2. The Hall–Kier alpha value is -1.36. The van der Waals surface area contributed by atoms with Gasteiger partial charge in [0.15, 0.2) is 0 Å². The predicted molar refractivity (Wildman–Crippen MR) is 65.4 cm³/mol. The number of anilines is 1. The van der Waals surface area contributed by atoms with Gasteiger partial charge in [-0.3, -0.25) is 9.00 Å². The molecule has 0 saturated heterocycles. The number of hydrogen-bond donors (Lipinski definition) is 2. The summed E-state index contributed by atoms with van der Waals surface area (Å²) in [6.07, 6.45) is 0. The Morgan fingerprint density at radius 1 is 1.44 bits per heavy atom. The molecule has 16 heavy (non-hydrogen) atoms. The molecule has 0 aliphatic carbocycles. The van der Waals surface area contributed by atoms with E-state index in [1.807, 2.05) is 6.92 Å².